The predicted octanol–water partition coefficient (Wildman–Crippen LogP) is 6.94. The van der Waals surface area contributed by atoms with Crippen LogP contribution < -0.4 is 9.62 Å². The third-order valence-corrected chi connectivity index (χ3v) is 9.31. The van der Waals surface area contributed by atoms with Gasteiger partial charge in [-0.15, -0.1) is 11.3 Å². The van der Waals surface area contributed by atoms with Gasteiger partial charge in [-0.05, 0) is 65.5 Å². The van der Waals surface area contributed by atoms with Crippen LogP contribution in [0.1, 0.15) is 10.4 Å². The maximum Gasteiger partial charge on any atom is 0.255 e. The number of benzene rings is 3. The molecule has 206 valence electrons. The number of aromatic nitrogens is 1. The zero-order valence-electron chi connectivity index (χ0n) is 22.3. The van der Waals surface area contributed by atoms with Crippen LogP contribution in [-0.2, 0) is 10.0 Å². The molecule has 10 heteroatoms. The molecule has 3 heterocycles. The number of nitrogens with zero attached hydrogens (tertiary/aromatic N) is 2. The van der Waals surface area contributed by atoms with E-state index in [2.05, 4.69) is 28.5 Å². The Kier molecular flexibility index (Phi) is 6.59. The second-order valence-corrected chi connectivity index (χ2v) is 12.7. The van der Waals surface area contributed by atoms with E-state index in [9.17, 15) is 17.6 Å². The van der Waals surface area contributed by atoms with E-state index < -0.39 is 21.7 Å². The van der Waals surface area contributed by atoms with E-state index in [1.54, 1.807) is 29.7 Å². The van der Waals surface area contributed by atoms with Crippen molar-refractivity contribution in [2.75, 3.05) is 24.7 Å². The number of carbonyl (C=O) groups excluding carboxylic acids is 1. The molecule has 6 rings (SSSR count). The molecule has 0 spiro atoms. The molecular formula is C31H24FN3O4S2. The normalized spacial score (nSPS) is 11.7. The van der Waals surface area contributed by atoms with Crippen LogP contribution in [0.15, 0.2) is 89.5 Å². The Hall–Kier alpha value is -4.54. The largest absolute Gasteiger partial charge is 0.455 e. The van der Waals surface area contributed by atoms with Gasteiger partial charge in [-0.3, -0.25) is 14.1 Å². The number of rotatable bonds is 6. The molecule has 1 amide bonds. The summed E-state index contributed by atoms with van der Waals surface area (Å²) in [6.07, 6.45) is 2.80. The molecule has 7 nitrogen and oxygen atoms in total. The van der Waals surface area contributed by atoms with E-state index in [4.69, 9.17) is 4.42 Å². The molecule has 0 bridgehead atoms. The summed E-state index contributed by atoms with van der Waals surface area (Å²) in [4.78, 5) is 18.8. The molecule has 0 atom stereocenters. The van der Waals surface area contributed by atoms with Crippen molar-refractivity contribution in [1.82, 2.24) is 10.3 Å². The highest BCUT2D eigenvalue weighted by atomic mass is 32.2. The van der Waals surface area contributed by atoms with Gasteiger partial charge in [0.2, 0.25) is 10.0 Å². The van der Waals surface area contributed by atoms with Crippen LogP contribution in [0.5, 0.6) is 0 Å². The van der Waals surface area contributed by atoms with Crippen LogP contribution in [0.3, 0.4) is 0 Å². The van der Waals surface area contributed by atoms with E-state index in [1.807, 2.05) is 24.3 Å². The molecule has 0 saturated carbocycles. The Balaban J connectivity index is 1.61. The SMILES string of the molecule is CNC(=O)c1c(-c2ccc(F)cc2)oc2cc(N(C)S(C)(=O)=O)c(-c3cc(-c4cc5ccccc5s4)ccn3)cc12. The number of pyridine rings is 1. The van der Waals surface area contributed by atoms with Gasteiger partial charge >= 0.3 is 0 Å². The summed E-state index contributed by atoms with van der Waals surface area (Å²) in [6, 6.07) is 23.0. The number of nitrogens with one attached hydrogen (secondary N) is 1. The van der Waals surface area contributed by atoms with Crippen molar-refractivity contribution in [3.05, 3.63) is 96.4 Å². The summed E-state index contributed by atoms with van der Waals surface area (Å²) < 4.78 is 47.5. The van der Waals surface area contributed by atoms with Crippen molar-refractivity contribution in [1.29, 1.82) is 0 Å². The molecule has 0 saturated heterocycles. The molecule has 0 aliphatic rings. The molecule has 41 heavy (non-hydrogen) atoms. The van der Waals surface area contributed by atoms with E-state index >= 15 is 0 Å². The Morgan fingerprint density at radius 1 is 1.00 bits per heavy atom. The topological polar surface area (TPSA) is 92.5 Å². The van der Waals surface area contributed by atoms with Gasteiger partial charge in [-0.25, -0.2) is 12.8 Å². The fourth-order valence-corrected chi connectivity index (χ4v) is 6.35. The second kappa shape index (κ2) is 10.1. The Morgan fingerprint density at radius 2 is 1.76 bits per heavy atom. The van der Waals surface area contributed by atoms with E-state index in [0.29, 0.717) is 33.5 Å². The van der Waals surface area contributed by atoms with Gasteiger partial charge in [0.15, 0.2) is 0 Å². The van der Waals surface area contributed by atoms with Gasteiger partial charge in [-0.1, -0.05) is 18.2 Å². The van der Waals surface area contributed by atoms with Crippen LogP contribution in [-0.4, -0.2) is 39.7 Å². The minimum absolute atomic E-state index is 0.247. The maximum absolute atomic E-state index is 13.7. The van der Waals surface area contributed by atoms with Crippen molar-refractivity contribution < 1.29 is 22.0 Å². The highest BCUT2D eigenvalue weighted by Crippen LogP contribution is 2.42. The number of furan rings is 1. The summed E-state index contributed by atoms with van der Waals surface area (Å²) in [5, 5.41) is 4.25. The summed E-state index contributed by atoms with van der Waals surface area (Å²) in [7, 11) is -0.701. The van der Waals surface area contributed by atoms with Gasteiger partial charge in [0.1, 0.15) is 17.2 Å². The first-order valence-corrected chi connectivity index (χ1v) is 15.3. The summed E-state index contributed by atoms with van der Waals surface area (Å²) in [5.41, 5.74) is 3.36. The monoisotopic (exact) mass is 585 g/mol. The fraction of sp³-hybridized carbons (Fsp3) is 0.0968. The first-order valence-electron chi connectivity index (χ1n) is 12.6. The fourth-order valence-electron chi connectivity index (χ4n) is 4.79. The quantitative estimate of drug-likeness (QED) is 0.229. The lowest BCUT2D eigenvalue weighted by Crippen LogP contribution is -2.25. The van der Waals surface area contributed by atoms with E-state index in [1.165, 1.54) is 38.4 Å². The van der Waals surface area contributed by atoms with Crippen LogP contribution in [0.25, 0.3) is 54.1 Å². The number of thiophene rings is 1. The summed E-state index contributed by atoms with van der Waals surface area (Å²) in [6.45, 7) is 0. The number of sulfonamides is 1. The first kappa shape index (κ1) is 26.7. The number of hydrogen-bond acceptors (Lipinski definition) is 6. The van der Waals surface area contributed by atoms with Crippen LogP contribution >= 0.6 is 11.3 Å². The molecule has 0 aliphatic heterocycles. The number of anilines is 1. The molecule has 0 unspecified atom stereocenters. The average molecular weight is 586 g/mol. The minimum atomic E-state index is -3.67. The van der Waals surface area contributed by atoms with Crippen LogP contribution in [0, 0.1) is 5.82 Å². The van der Waals surface area contributed by atoms with Crippen molar-refractivity contribution in [3.63, 3.8) is 0 Å². The van der Waals surface area contributed by atoms with Crippen molar-refractivity contribution in [2.24, 2.45) is 0 Å². The highest BCUT2D eigenvalue weighted by molar-refractivity contribution is 7.92. The zero-order chi connectivity index (χ0) is 28.9. The zero-order valence-corrected chi connectivity index (χ0v) is 23.9. The van der Waals surface area contributed by atoms with Crippen LogP contribution in [0.2, 0.25) is 0 Å². The molecule has 3 aromatic heterocycles. The molecule has 3 aromatic carbocycles. The Bertz CT molecular complexity index is 2030. The maximum atomic E-state index is 13.7. The number of hydrogen-bond donors (Lipinski definition) is 1. The summed E-state index contributed by atoms with van der Waals surface area (Å²) >= 11 is 1.65. The van der Waals surface area contributed by atoms with Gasteiger partial charge in [0, 0.05) is 52.4 Å². The van der Waals surface area contributed by atoms with Crippen LogP contribution in [0.4, 0.5) is 10.1 Å². The van der Waals surface area contributed by atoms with Crippen molar-refractivity contribution >= 4 is 54.0 Å². The molecule has 0 fully saturated rings. The van der Waals surface area contributed by atoms with Gasteiger partial charge in [0.05, 0.1) is 23.2 Å². The molecule has 0 aliphatic carbocycles. The van der Waals surface area contributed by atoms with Gasteiger partial charge < -0.3 is 9.73 Å². The van der Waals surface area contributed by atoms with E-state index in [0.717, 1.165) is 31.1 Å². The standard InChI is InChI=1S/C31H24FN3O4S2/c1-33-31(36)29-23-16-22(24-14-20(12-13-34-24)28-15-19-6-4-5-7-27(19)40-28)25(35(2)41(3,37)38)17-26(23)39-30(29)18-8-10-21(32)11-9-18/h4-17H,1-3H3,(H,33,36). The lowest BCUT2D eigenvalue weighted by Gasteiger charge is -2.20. The molecule has 6 aromatic rings. The first-order chi connectivity index (χ1) is 19.6. The number of amides is 1. The van der Waals surface area contributed by atoms with Gasteiger partial charge in [0.25, 0.3) is 5.91 Å². The molecule has 0 radical (unpaired) electrons. The smallest absolute Gasteiger partial charge is 0.255 e. The third-order valence-electron chi connectivity index (χ3n) is 6.95. The molecular weight excluding hydrogens is 561 g/mol. The Morgan fingerprint density at radius 3 is 2.46 bits per heavy atom. The Labute approximate surface area is 239 Å². The molecule has 1 N–H and O–H groups in total. The third kappa shape index (κ3) is 4.85. The summed E-state index contributed by atoms with van der Waals surface area (Å²) in [5.74, 6) is -0.572. The van der Waals surface area contributed by atoms with Gasteiger partial charge in [-0.2, -0.15) is 0 Å². The lowest BCUT2D eigenvalue weighted by atomic mass is 10.00. The number of fused-ring (bicyclic) bond motifs is 2. The second-order valence-electron chi connectivity index (χ2n) is 9.57. The number of carbonyl (C=O) groups is 1. The van der Waals surface area contributed by atoms with Crippen molar-refractivity contribution in [2.45, 2.75) is 0 Å². The number of halogens is 1. The highest BCUT2D eigenvalue weighted by Gasteiger charge is 2.26. The predicted molar refractivity (Wildman–Crippen MR) is 162 cm³/mol. The minimum Gasteiger partial charge on any atom is -0.455 e. The van der Waals surface area contributed by atoms with Crippen molar-refractivity contribution in [3.8, 4) is 33.0 Å². The average Bonchev–Trinajstić information content (AvgIpc) is 3.57. The van der Waals surface area contributed by atoms with E-state index in [-0.39, 0.29) is 11.3 Å². The lowest BCUT2D eigenvalue weighted by molar-refractivity contribution is 0.0964.